The van der Waals surface area contributed by atoms with E-state index in [4.69, 9.17) is 0 Å². The minimum absolute atomic E-state index is 0.0490. The Morgan fingerprint density at radius 3 is 2.95 bits per heavy atom. The van der Waals surface area contributed by atoms with Gasteiger partial charge in [-0.2, -0.15) is 0 Å². The van der Waals surface area contributed by atoms with Crippen LogP contribution in [0, 0.1) is 0 Å². The molecule has 1 aromatic rings. The molecule has 0 radical (unpaired) electrons. The van der Waals surface area contributed by atoms with Crippen LogP contribution >= 0.6 is 11.8 Å². The van der Waals surface area contributed by atoms with Gasteiger partial charge < -0.3 is 9.64 Å². The second-order valence-corrected chi connectivity index (χ2v) is 5.53. The van der Waals surface area contributed by atoms with Crippen molar-refractivity contribution in [2.75, 3.05) is 26.0 Å². The fraction of sp³-hybridized carbons (Fsp3) is 0.538. The highest BCUT2D eigenvalue weighted by Gasteiger charge is 2.23. The molecule has 114 valence electrons. The molecule has 0 bridgehead atoms. The molecule has 2 heterocycles. The molecular formula is C13H17N3O4S. The van der Waals surface area contributed by atoms with E-state index in [1.165, 1.54) is 34.5 Å². The normalized spacial score (nSPS) is 12.9. The van der Waals surface area contributed by atoms with E-state index in [9.17, 15) is 14.4 Å². The number of aromatic nitrogens is 2. The number of hydrogen-bond donors (Lipinski definition) is 0. The lowest BCUT2D eigenvalue weighted by molar-refractivity contribution is -0.140. The lowest BCUT2D eigenvalue weighted by Crippen LogP contribution is -2.38. The molecule has 2 rings (SSSR count). The summed E-state index contributed by atoms with van der Waals surface area (Å²) in [5, 5.41) is 0.647. The van der Waals surface area contributed by atoms with Crippen LogP contribution in [0.1, 0.15) is 23.7 Å². The topological polar surface area (TPSA) is 81.5 Å². The Hall–Kier alpha value is -1.83. The third-order valence-electron chi connectivity index (χ3n) is 3.27. The molecule has 7 nitrogen and oxygen atoms in total. The van der Waals surface area contributed by atoms with Crippen LogP contribution in [0.15, 0.2) is 16.1 Å². The Kier molecular flexibility index (Phi) is 5.00. The summed E-state index contributed by atoms with van der Waals surface area (Å²) in [6, 6.07) is 0. The Bertz CT molecular complexity index is 614. The second kappa shape index (κ2) is 6.75. The largest absolute Gasteiger partial charge is 0.469 e. The highest BCUT2D eigenvalue weighted by molar-refractivity contribution is 7.99. The van der Waals surface area contributed by atoms with Crippen LogP contribution in [-0.4, -0.2) is 52.3 Å². The molecule has 1 amide bonds. The fourth-order valence-corrected chi connectivity index (χ4v) is 2.98. The monoisotopic (exact) mass is 311 g/mol. The van der Waals surface area contributed by atoms with E-state index < -0.39 is 5.91 Å². The van der Waals surface area contributed by atoms with E-state index in [0.29, 0.717) is 18.2 Å². The number of amides is 1. The summed E-state index contributed by atoms with van der Waals surface area (Å²) in [5.41, 5.74) is -0.264. The first kappa shape index (κ1) is 15.6. The molecule has 0 N–H and O–H groups in total. The number of esters is 1. The quantitative estimate of drug-likeness (QED) is 0.577. The van der Waals surface area contributed by atoms with Crippen molar-refractivity contribution in [1.82, 2.24) is 14.5 Å². The van der Waals surface area contributed by atoms with Crippen molar-refractivity contribution in [2.45, 2.75) is 25.0 Å². The SMILES string of the molecule is CCN(CCC(=O)OC)C(=O)c1cnc2n(c1=O)CCS2. The highest BCUT2D eigenvalue weighted by atomic mass is 32.2. The number of carbonyl (C=O) groups excluding carboxylic acids is 2. The summed E-state index contributed by atoms with van der Waals surface area (Å²) >= 11 is 1.50. The van der Waals surface area contributed by atoms with Gasteiger partial charge >= 0.3 is 5.97 Å². The maximum absolute atomic E-state index is 12.4. The number of ether oxygens (including phenoxy) is 1. The highest BCUT2D eigenvalue weighted by Crippen LogP contribution is 2.20. The van der Waals surface area contributed by atoms with E-state index in [-0.39, 0.29) is 30.1 Å². The smallest absolute Gasteiger partial charge is 0.307 e. The van der Waals surface area contributed by atoms with Gasteiger partial charge in [0.1, 0.15) is 5.56 Å². The first-order valence-electron chi connectivity index (χ1n) is 6.67. The Labute approximate surface area is 126 Å². The molecule has 0 saturated carbocycles. The molecule has 0 saturated heterocycles. The summed E-state index contributed by atoms with van der Waals surface area (Å²) in [4.78, 5) is 41.5. The molecule has 1 aliphatic heterocycles. The van der Waals surface area contributed by atoms with Crippen LogP contribution < -0.4 is 5.56 Å². The lowest BCUT2D eigenvalue weighted by Gasteiger charge is -2.20. The fourth-order valence-electron chi connectivity index (χ4n) is 2.07. The van der Waals surface area contributed by atoms with Gasteiger partial charge in [-0.3, -0.25) is 19.0 Å². The number of rotatable bonds is 5. The molecule has 0 aromatic carbocycles. The molecule has 8 heteroatoms. The summed E-state index contributed by atoms with van der Waals surface area (Å²) in [5.74, 6) is 0.00671. The van der Waals surface area contributed by atoms with Gasteiger partial charge in [-0.25, -0.2) is 4.98 Å². The first-order valence-corrected chi connectivity index (χ1v) is 7.65. The van der Waals surface area contributed by atoms with E-state index in [1.54, 1.807) is 6.92 Å². The number of nitrogens with zero attached hydrogens (tertiary/aromatic N) is 3. The van der Waals surface area contributed by atoms with E-state index in [1.807, 2.05) is 0 Å². The van der Waals surface area contributed by atoms with Crippen molar-refractivity contribution in [2.24, 2.45) is 0 Å². The number of thioether (sulfide) groups is 1. The van der Waals surface area contributed by atoms with Gasteiger partial charge in [0.15, 0.2) is 5.16 Å². The zero-order valence-electron chi connectivity index (χ0n) is 12.0. The predicted octanol–water partition coefficient (Wildman–Crippen LogP) is 0.374. The van der Waals surface area contributed by atoms with Crippen molar-refractivity contribution < 1.29 is 14.3 Å². The minimum atomic E-state index is -0.397. The zero-order chi connectivity index (χ0) is 15.4. The van der Waals surface area contributed by atoms with Crippen LogP contribution in [0.2, 0.25) is 0 Å². The third kappa shape index (κ3) is 3.26. The van der Waals surface area contributed by atoms with Crippen LogP contribution in [0.4, 0.5) is 0 Å². The number of fused-ring (bicyclic) bond motifs is 1. The van der Waals surface area contributed by atoms with Gasteiger partial charge in [0.2, 0.25) is 0 Å². The van der Waals surface area contributed by atoms with Crippen LogP contribution in [0.25, 0.3) is 0 Å². The van der Waals surface area contributed by atoms with E-state index in [0.717, 1.165) is 5.75 Å². The average Bonchev–Trinajstić information content (AvgIpc) is 2.97. The van der Waals surface area contributed by atoms with Crippen molar-refractivity contribution in [1.29, 1.82) is 0 Å². The van der Waals surface area contributed by atoms with Crippen LogP contribution in [0.3, 0.4) is 0 Å². The Morgan fingerprint density at radius 2 is 2.29 bits per heavy atom. The predicted molar refractivity (Wildman–Crippen MR) is 77.4 cm³/mol. The van der Waals surface area contributed by atoms with Crippen LogP contribution in [0.5, 0.6) is 0 Å². The van der Waals surface area contributed by atoms with Crippen molar-refractivity contribution in [3.05, 3.63) is 22.1 Å². The summed E-state index contributed by atoms with van der Waals surface area (Å²) in [7, 11) is 1.30. The van der Waals surface area contributed by atoms with Gasteiger partial charge in [-0.05, 0) is 6.92 Å². The number of hydrogen-bond acceptors (Lipinski definition) is 6. The Morgan fingerprint density at radius 1 is 1.52 bits per heavy atom. The molecule has 0 aliphatic carbocycles. The molecule has 21 heavy (non-hydrogen) atoms. The van der Waals surface area contributed by atoms with Gasteiger partial charge in [0, 0.05) is 31.6 Å². The molecule has 1 aliphatic rings. The third-order valence-corrected chi connectivity index (χ3v) is 4.24. The zero-order valence-corrected chi connectivity index (χ0v) is 12.8. The maximum atomic E-state index is 12.4. The summed E-state index contributed by atoms with van der Waals surface area (Å²) in [6.45, 7) is 2.99. The first-order chi connectivity index (χ1) is 10.1. The van der Waals surface area contributed by atoms with E-state index in [2.05, 4.69) is 9.72 Å². The molecule has 1 aromatic heterocycles. The molecule has 0 unspecified atom stereocenters. The van der Waals surface area contributed by atoms with E-state index >= 15 is 0 Å². The van der Waals surface area contributed by atoms with Crippen molar-refractivity contribution in [3.8, 4) is 0 Å². The summed E-state index contributed by atoms with van der Waals surface area (Å²) < 4.78 is 6.08. The number of carbonyl (C=O) groups is 2. The van der Waals surface area contributed by atoms with Crippen molar-refractivity contribution in [3.63, 3.8) is 0 Å². The lowest BCUT2D eigenvalue weighted by atomic mass is 10.2. The van der Waals surface area contributed by atoms with Crippen LogP contribution in [-0.2, 0) is 16.1 Å². The molecule has 0 fully saturated rings. The average molecular weight is 311 g/mol. The minimum Gasteiger partial charge on any atom is -0.469 e. The van der Waals surface area contributed by atoms with Gasteiger partial charge in [0.25, 0.3) is 11.5 Å². The van der Waals surface area contributed by atoms with Gasteiger partial charge in [-0.15, -0.1) is 0 Å². The Balaban J connectivity index is 2.18. The molecule has 0 spiro atoms. The molecular weight excluding hydrogens is 294 g/mol. The van der Waals surface area contributed by atoms with Crippen molar-refractivity contribution >= 4 is 23.6 Å². The second-order valence-electron chi connectivity index (χ2n) is 4.47. The number of methoxy groups -OCH3 is 1. The standard InChI is InChI=1S/C13H17N3O4S/c1-3-15(5-4-10(17)20-2)11(18)9-8-14-13-16(12(9)19)6-7-21-13/h8H,3-7H2,1-2H3. The maximum Gasteiger partial charge on any atom is 0.307 e. The molecule has 0 atom stereocenters. The summed E-state index contributed by atoms with van der Waals surface area (Å²) in [6.07, 6.45) is 1.43. The van der Waals surface area contributed by atoms with Gasteiger partial charge in [0.05, 0.1) is 13.5 Å². The van der Waals surface area contributed by atoms with Gasteiger partial charge in [-0.1, -0.05) is 11.8 Å².